The molecule has 9 heteroatoms. The minimum Gasteiger partial charge on any atom is -0.394 e. The molecule has 1 heterocycles. The lowest BCUT2D eigenvalue weighted by Gasteiger charge is -2.40. The molecule has 6 N–H and O–H groups in total. The van der Waals surface area contributed by atoms with Crippen LogP contribution in [0.5, 0.6) is 0 Å². The molecule has 0 aliphatic carbocycles. The quantitative estimate of drug-likeness (QED) is 0.0263. The van der Waals surface area contributed by atoms with Gasteiger partial charge in [-0.15, -0.1) is 0 Å². The standard InChI is InChI=1S/C51H95NO8/c1-3-5-7-9-11-13-15-17-19-21-22-23-25-26-28-30-32-34-36-38-40-45(54)44(43-59-51-50(58)49(57)48(56)46(42-53)60-51)52-47(55)41-39-37-35-33-31-29-27-24-20-18-16-14-12-10-8-6-4-2/h23,25,30,32,38,40,44-46,48-51,53-54,56-58H,3-22,24,26-29,31,33-37,39,41-43H2,1-2H3,(H,52,55)/b25-23+,32-30+,40-38+. The Morgan fingerprint density at radius 2 is 0.950 bits per heavy atom. The van der Waals surface area contributed by atoms with Crippen molar-refractivity contribution in [2.45, 2.75) is 269 Å². The third-order valence-corrected chi connectivity index (χ3v) is 11.9. The van der Waals surface area contributed by atoms with Gasteiger partial charge in [-0.05, 0) is 44.9 Å². The Morgan fingerprint density at radius 3 is 1.40 bits per heavy atom. The van der Waals surface area contributed by atoms with E-state index in [1.54, 1.807) is 6.08 Å². The summed E-state index contributed by atoms with van der Waals surface area (Å²) in [5.74, 6) is -0.189. The SMILES string of the molecule is CCCCCCCCCCCC/C=C/CC/C=C/CC/C=C/C(O)C(COC1OC(CO)C(O)C(O)C1O)NC(=O)CCCCCCCCCCCCCCCCCCC. The van der Waals surface area contributed by atoms with Crippen LogP contribution in [-0.2, 0) is 14.3 Å². The van der Waals surface area contributed by atoms with Crippen molar-refractivity contribution in [3.8, 4) is 0 Å². The van der Waals surface area contributed by atoms with Gasteiger partial charge in [-0.25, -0.2) is 0 Å². The van der Waals surface area contributed by atoms with E-state index in [1.165, 1.54) is 161 Å². The molecule has 1 rings (SSSR count). The minimum absolute atomic E-state index is 0.189. The first kappa shape index (κ1) is 56.4. The first-order valence-corrected chi connectivity index (χ1v) is 25.2. The fourth-order valence-electron chi connectivity index (χ4n) is 7.89. The fraction of sp³-hybridized carbons (Fsp3) is 0.863. The second kappa shape index (κ2) is 41.4. The molecule has 60 heavy (non-hydrogen) atoms. The number of hydrogen-bond acceptors (Lipinski definition) is 8. The molecule has 9 nitrogen and oxygen atoms in total. The van der Waals surface area contributed by atoms with Crippen molar-refractivity contribution in [1.82, 2.24) is 5.32 Å². The number of nitrogens with one attached hydrogen (secondary N) is 1. The summed E-state index contributed by atoms with van der Waals surface area (Å²) in [6.07, 6.45) is 44.8. The summed E-state index contributed by atoms with van der Waals surface area (Å²) in [4.78, 5) is 13.0. The molecule has 0 aromatic rings. The molecule has 0 radical (unpaired) electrons. The maximum absolute atomic E-state index is 13.0. The van der Waals surface area contributed by atoms with Crippen LogP contribution in [0.15, 0.2) is 36.5 Å². The van der Waals surface area contributed by atoms with E-state index in [2.05, 4.69) is 43.5 Å². The number of unbranched alkanes of at least 4 members (excludes halogenated alkanes) is 28. The Labute approximate surface area is 368 Å². The predicted octanol–water partition coefficient (Wildman–Crippen LogP) is 11.2. The number of ether oxygens (including phenoxy) is 2. The first-order valence-electron chi connectivity index (χ1n) is 25.2. The van der Waals surface area contributed by atoms with Gasteiger partial charge in [-0.3, -0.25) is 4.79 Å². The number of aliphatic hydroxyl groups is 5. The third-order valence-electron chi connectivity index (χ3n) is 11.9. The van der Waals surface area contributed by atoms with Crippen molar-refractivity contribution < 1.29 is 39.8 Å². The molecule has 1 fully saturated rings. The average molecular weight is 850 g/mol. The van der Waals surface area contributed by atoms with Gasteiger partial charge in [0, 0.05) is 6.42 Å². The highest BCUT2D eigenvalue weighted by Gasteiger charge is 2.44. The summed E-state index contributed by atoms with van der Waals surface area (Å²) in [7, 11) is 0. The Bertz CT molecular complexity index is 1030. The zero-order valence-electron chi connectivity index (χ0n) is 38.7. The lowest BCUT2D eigenvalue weighted by molar-refractivity contribution is -0.302. The van der Waals surface area contributed by atoms with Crippen molar-refractivity contribution in [2.75, 3.05) is 13.2 Å². The third kappa shape index (κ3) is 31.3. The summed E-state index contributed by atoms with van der Waals surface area (Å²) in [6, 6.07) is -0.824. The van der Waals surface area contributed by atoms with Gasteiger partial charge in [0.1, 0.15) is 24.4 Å². The average Bonchev–Trinajstić information content (AvgIpc) is 3.25. The molecular weight excluding hydrogens is 755 g/mol. The summed E-state index contributed by atoms with van der Waals surface area (Å²) < 4.78 is 11.2. The van der Waals surface area contributed by atoms with Crippen molar-refractivity contribution in [3.05, 3.63) is 36.5 Å². The van der Waals surface area contributed by atoms with Crippen molar-refractivity contribution in [3.63, 3.8) is 0 Å². The summed E-state index contributed by atoms with van der Waals surface area (Å²) in [6.45, 7) is 3.77. The van der Waals surface area contributed by atoms with Gasteiger partial charge in [-0.2, -0.15) is 0 Å². The van der Waals surface area contributed by atoms with Crippen LogP contribution >= 0.6 is 0 Å². The van der Waals surface area contributed by atoms with Gasteiger partial charge < -0.3 is 40.3 Å². The molecule has 7 unspecified atom stereocenters. The molecule has 352 valence electrons. The van der Waals surface area contributed by atoms with Gasteiger partial charge in [0.05, 0.1) is 25.4 Å². The highest BCUT2D eigenvalue weighted by molar-refractivity contribution is 5.76. The molecule has 1 aliphatic heterocycles. The summed E-state index contributed by atoms with van der Waals surface area (Å²) >= 11 is 0. The van der Waals surface area contributed by atoms with E-state index < -0.39 is 49.5 Å². The van der Waals surface area contributed by atoms with Crippen molar-refractivity contribution in [2.24, 2.45) is 0 Å². The number of rotatable bonds is 42. The fourth-order valence-corrected chi connectivity index (χ4v) is 7.89. The highest BCUT2D eigenvalue weighted by Crippen LogP contribution is 2.23. The van der Waals surface area contributed by atoms with E-state index in [9.17, 15) is 30.3 Å². The lowest BCUT2D eigenvalue weighted by Crippen LogP contribution is -2.60. The smallest absolute Gasteiger partial charge is 0.220 e. The minimum atomic E-state index is -1.57. The Balaban J connectivity index is 2.35. The molecule has 0 bridgehead atoms. The maximum atomic E-state index is 13.0. The van der Waals surface area contributed by atoms with Crippen LogP contribution in [0.4, 0.5) is 0 Å². The van der Waals surface area contributed by atoms with Gasteiger partial charge >= 0.3 is 0 Å². The van der Waals surface area contributed by atoms with E-state index in [4.69, 9.17) is 9.47 Å². The van der Waals surface area contributed by atoms with E-state index >= 15 is 0 Å². The van der Waals surface area contributed by atoms with Crippen LogP contribution in [0, 0.1) is 0 Å². The molecule has 0 aromatic heterocycles. The highest BCUT2D eigenvalue weighted by atomic mass is 16.7. The number of hydrogen-bond donors (Lipinski definition) is 6. The number of allylic oxidation sites excluding steroid dienone is 5. The molecular formula is C51H95NO8. The molecule has 1 amide bonds. The molecule has 1 saturated heterocycles. The Morgan fingerprint density at radius 1 is 0.550 bits per heavy atom. The maximum Gasteiger partial charge on any atom is 0.220 e. The second-order valence-corrected chi connectivity index (χ2v) is 17.6. The Kier molecular flexibility index (Phi) is 39.0. The lowest BCUT2D eigenvalue weighted by atomic mass is 9.99. The van der Waals surface area contributed by atoms with Crippen LogP contribution in [-0.4, -0.2) is 87.5 Å². The van der Waals surface area contributed by atoms with Gasteiger partial charge in [-0.1, -0.05) is 211 Å². The van der Waals surface area contributed by atoms with Gasteiger partial charge in [0.25, 0.3) is 0 Å². The van der Waals surface area contributed by atoms with Crippen LogP contribution in [0.2, 0.25) is 0 Å². The number of carbonyl (C=O) groups is 1. The number of amides is 1. The summed E-state index contributed by atoms with van der Waals surface area (Å²) in [5.41, 5.74) is 0. The predicted molar refractivity (Wildman–Crippen MR) is 249 cm³/mol. The van der Waals surface area contributed by atoms with Gasteiger partial charge in [0.15, 0.2) is 6.29 Å². The molecule has 7 atom stereocenters. The second-order valence-electron chi connectivity index (χ2n) is 17.6. The van der Waals surface area contributed by atoms with E-state index in [1.807, 2.05) is 6.08 Å². The normalized spacial score (nSPS) is 20.8. The van der Waals surface area contributed by atoms with Crippen LogP contribution in [0.3, 0.4) is 0 Å². The zero-order chi connectivity index (χ0) is 43.7. The summed E-state index contributed by atoms with van der Waals surface area (Å²) in [5, 5.41) is 54.3. The van der Waals surface area contributed by atoms with E-state index in [0.717, 1.165) is 44.9 Å². The largest absolute Gasteiger partial charge is 0.394 e. The Hall–Kier alpha value is -1.59. The molecule has 1 aliphatic rings. The van der Waals surface area contributed by atoms with Crippen LogP contribution in [0.1, 0.15) is 226 Å². The monoisotopic (exact) mass is 850 g/mol. The first-order chi connectivity index (χ1) is 29.3. The molecule has 0 spiro atoms. The van der Waals surface area contributed by atoms with E-state index in [-0.39, 0.29) is 12.5 Å². The number of carbonyl (C=O) groups excluding carboxylic acids is 1. The number of aliphatic hydroxyl groups excluding tert-OH is 5. The van der Waals surface area contributed by atoms with Crippen molar-refractivity contribution >= 4 is 5.91 Å². The molecule has 0 saturated carbocycles. The zero-order valence-corrected chi connectivity index (χ0v) is 38.7. The van der Waals surface area contributed by atoms with E-state index in [0.29, 0.717) is 6.42 Å². The topological polar surface area (TPSA) is 149 Å². The van der Waals surface area contributed by atoms with Crippen molar-refractivity contribution in [1.29, 1.82) is 0 Å². The van der Waals surface area contributed by atoms with Crippen LogP contribution < -0.4 is 5.32 Å². The molecule has 0 aromatic carbocycles. The van der Waals surface area contributed by atoms with Gasteiger partial charge in [0.2, 0.25) is 5.91 Å². The van der Waals surface area contributed by atoms with Crippen LogP contribution in [0.25, 0.3) is 0 Å².